The van der Waals surface area contributed by atoms with Gasteiger partial charge in [0.2, 0.25) is 0 Å². The van der Waals surface area contributed by atoms with Crippen molar-refractivity contribution in [3.63, 3.8) is 0 Å². The third-order valence-electron chi connectivity index (χ3n) is 6.37. The van der Waals surface area contributed by atoms with Crippen molar-refractivity contribution in [2.24, 2.45) is 23.2 Å². The summed E-state index contributed by atoms with van der Waals surface area (Å²) in [6.07, 6.45) is 10.3. The number of nitrogens with zero attached hydrogens (tertiary/aromatic N) is 3. The Morgan fingerprint density at radius 3 is 2.24 bits per heavy atom. The molecule has 4 bridgehead atoms. The van der Waals surface area contributed by atoms with E-state index in [-0.39, 0.29) is 0 Å². The van der Waals surface area contributed by atoms with E-state index in [4.69, 9.17) is 5.73 Å². The number of rotatable bonds is 4. The molecule has 0 saturated heterocycles. The van der Waals surface area contributed by atoms with Crippen LogP contribution in [0.25, 0.3) is 0 Å². The summed E-state index contributed by atoms with van der Waals surface area (Å²) in [5.74, 6) is 4.11. The predicted molar refractivity (Wildman–Crippen MR) is 83.7 cm³/mol. The number of aromatic nitrogens is 3. The number of hydrogen-bond acceptors (Lipinski definition) is 3. The van der Waals surface area contributed by atoms with Gasteiger partial charge in [-0.1, -0.05) is 19.1 Å². The fourth-order valence-electron chi connectivity index (χ4n) is 6.03. The van der Waals surface area contributed by atoms with E-state index in [2.05, 4.69) is 28.8 Å². The lowest BCUT2D eigenvalue weighted by Gasteiger charge is -2.57. The van der Waals surface area contributed by atoms with Crippen LogP contribution in [0.3, 0.4) is 0 Å². The zero-order valence-electron chi connectivity index (χ0n) is 13.4. The van der Waals surface area contributed by atoms with Gasteiger partial charge in [-0.3, -0.25) is 0 Å². The van der Waals surface area contributed by atoms with Crippen LogP contribution >= 0.6 is 0 Å². The highest BCUT2D eigenvalue weighted by molar-refractivity contribution is 5.35. The van der Waals surface area contributed by atoms with Gasteiger partial charge < -0.3 is 5.73 Å². The van der Waals surface area contributed by atoms with Crippen LogP contribution in [0.15, 0.2) is 0 Å². The van der Waals surface area contributed by atoms with E-state index in [1.807, 2.05) is 0 Å². The number of nitrogen functional groups attached to an aromatic ring is 1. The minimum Gasteiger partial charge on any atom is -0.381 e. The molecule has 4 aliphatic carbocycles. The minimum atomic E-state index is 0.399. The summed E-state index contributed by atoms with van der Waals surface area (Å²) in [5, 5.41) is 8.39. The molecule has 4 aliphatic rings. The summed E-state index contributed by atoms with van der Waals surface area (Å²) in [6, 6.07) is 0. The molecule has 1 aromatic heterocycles. The van der Waals surface area contributed by atoms with Crippen molar-refractivity contribution in [1.29, 1.82) is 0 Å². The average molecular weight is 288 g/mol. The maximum atomic E-state index is 5.98. The van der Waals surface area contributed by atoms with E-state index in [1.54, 1.807) is 0 Å². The number of hydrogen-bond donors (Lipinski definition) is 1. The standard InChI is InChI=1S/C17H28N4/c1-11(2)15-16(18)19-20-21(15)4-3-17-8-12-5-13(9-17)7-14(6-12)10-17/h11-14H,3-10,18H2,1-2H3. The molecular weight excluding hydrogens is 260 g/mol. The van der Waals surface area contributed by atoms with Gasteiger partial charge >= 0.3 is 0 Å². The molecule has 4 fully saturated rings. The first-order valence-electron chi connectivity index (χ1n) is 8.73. The summed E-state index contributed by atoms with van der Waals surface area (Å²) < 4.78 is 2.08. The Labute approximate surface area is 127 Å². The molecule has 116 valence electrons. The lowest BCUT2D eigenvalue weighted by Crippen LogP contribution is -2.46. The molecule has 0 amide bonds. The Balaban J connectivity index is 1.50. The van der Waals surface area contributed by atoms with Gasteiger partial charge in [-0.05, 0) is 74.0 Å². The monoisotopic (exact) mass is 288 g/mol. The first kappa shape index (κ1) is 13.6. The van der Waals surface area contributed by atoms with Crippen LogP contribution in [-0.2, 0) is 6.54 Å². The van der Waals surface area contributed by atoms with Gasteiger partial charge in [0.25, 0.3) is 0 Å². The first-order valence-corrected chi connectivity index (χ1v) is 8.73. The van der Waals surface area contributed by atoms with Crippen LogP contribution in [0, 0.1) is 23.2 Å². The maximum absolute atomic E-state index is 5.98. The molecule has 21 heavy (non-hydrogen) atoms. The van der Waals surface area contributed by atoms with Gasteiger partial charge in [0, 0.05) is 6.54 Å². The third kappa shape index (κ3) is 2.27. The summed E-state index contributed by atoms with van der Waals surface area (Å²) in [5.41, 5.74) is 7.72. The van der Waals surface area contributed by atoms with Crippen molar-refractivity contribution in [3.8, 4) is 0 Å². The fourth-order valence-corrected chi connectivity index (χ4v) is 6.03. The predicted octanol–water partition coefficient (Wildman–Crippen LogP) is 3.59. The number of aryl methyl sites for hydroxylation is 1. The van der Waals surface area contributed by atoms with Crippen molar-refractivity contribution >= 4 is 5.82 Å². The SMILES string of the molecule is CC(C)c1c(N)nnn1CCC12CC3CC(CC(C3)C1)C2. The summed E-state index contributed by atoms with van der Waals surface area (Å²) in [6.45, 7) is 5.36. The maximum Gasteiger partial charge on any atom is 0.169 e. The van der Waals surface area contributed by atoms with Gasteiger partial charge in [-0.25, -0.2) is 4.68 Å². The van der Waals surface area contributed by atoms with E-state index in [9.17, 15) is 0 Å². The highest BCUT2D eigenvalue weighted by Crippen LogP contribution is 2.61. The van der Waals surface area contributed by atoms with Crippen LogP contribution in [0.5, 0.6) is 0 Å². The quantitative estimate of drug-likeness (QED) is 0.921. The van der Waals surface area contributed by atoms with Gasteiger partial charge in [-0.15, -0.1) is 5.10 Å². The van der Waals surface area contributed by atoms with Crippen LogP contribution in [0.2, 0.25) is 0 Å². The second-order valence-electron chi connectivity index (χ2n) is 8.41. The molecule has 0 radical (unpaired) electrons. The number of nitrogens with two attached hydrogens (primary N) is 1. The first-order chi connectivity index (χ1) is 10.0. The van der Waals surface area contributed by atoms with Crippen molar-refractivity contribution < 1.29 is 0 Å². The topological polar surface area (TPSA) is 56.7 Å². The van der Waals surface area contributed by atoms with E-state index >= 15 is 0 Å². The van der Waals surface area contributed by atoms with Crippen molar-refractivity contribution in [3.05, 3.63) is 5.69 Å². The van der Waals surface area contributed by atoms with Crippen molar-refractivity contribution in [2.45, 2.75) is 71.3 Å². The van der Waals surface area contributed by atoms with E-state index in [0.29, 0.717) is 17.2 Å². The van der Waals surface area contributed by atoms with Crippen molar-refractivity contribution in [1.82, 2.24) is 15.0 Å². The van der Waals surface area contributed by atoms with Gasteiger partial charge in [0.1, 0.15) is 0 Å². The molecule has 2 N–H and O–H groups in total. The molecule has 0 unspecified atom stereocenters. The molecule has 4 saturated carbocycles. The zero-order valence-corrected chi connectivity index (χ0v) is 13.4. The minimum absolute atomic E-state index is 0.399. The smallest absolute Gasteiger partial charge is 0.169 e. The van der Waals surface area contributed by atoms with Crippen LogP contribution < -0.4 is 5.73 Å². The molecule has 4 nitrogen and oxygen atoms in total. The Morgan fingerprint density at radius 2 is 1.71 bits per heavy atom. The summed E-state index contributed by atoms with van der Waals surface area (Å²) in [4.78, 5) is 0. The van der Waals surface area contributed by atoms with E-state index < -0.39 is 0 Å². The summed E-state index contributed by atoms with van der Waals surface area (Å²) >= 11 is 0. The molecule has 1 aromatic rings. The molecule has 1 heterocycles. The largest absolute Gasteiger partial charge is 0.381 e. The van der Waals surface area contributed by atoms with E-state index in [0.717, 1.165) is 30.0 Å². The Kier molecular flexibility index (Phi) is 3.05. The zero-order chi connectivity index (χ0) is 14.6. The Bertz CT molecular complexity index is 496. The fraction of sp³-hybridized carbons (Fsp3) is 0.882. The Hall–Kier alpha value is -1.06. The van der Waals surface area contributed by atoms with Gasteiger partial charge in [-0.2, -0.15) is 0 Å². The number of anilines is 1. The highest BCUT2D eigenvalue weighted by atomic mass is 15.4. The Morgan fingerprint density at radius 1 is 1.14 bits per heavy atom. The lowest BCUT2D eigenvalue weighted by atomic mass is 9.49. The molecule has 5 rings (SSSR count). The van der Waals surface area contributed by atoms with E-state index in [1.165, 1.54) is 44.9 Å². The molecule has 0 aromatic carbocycles. The lowest BCUT2D eigenvalue weighted by molar-refractivity contribution is -0.0597. The van der Waals surface area contributed by atoms with Crippen LogP contribution in [0.1, 0.15) is 70.4 Å². The van der Waals surface area contributed by atoms with Crippen molar-refractivity contribution in [2.75, 3.05) is 5.73 Å². The second-order valence-corrected chi connectivity index (χ2v) is 8.41. The average Bonchev–Trinajstić information content (AvgIpc) is 2.76. The summed E-state index contributed by atoms with van der Waals surface area (Å²) in [7, 11) is 0. The normalized spacial score (nSPS) is 37.6. The highest BCUT2D eigenvalue weighted by Gasteiger charge is 2.50. The molecule has 0 aliphatic heterocycles. The second kappa shape index (κ2) is 4.72. The van der Waals surface area contributed by atoms with Gasteiger partial charge in [0.15, 0.2) is 5.82 Å². The van der Waals surface area contributed by atoms with Crippen LogP contribution in [0.4, 0.5) is 5.82 Å². The molecule has 0 atom stereocenters. The molecule has 4 heteroatoms. The molecule has 0 spiro atoms. The van der Waals surface area contributed by atoms with Gasteiger partial charge in [0.05, 0.1) is 5.69 Å². The third-order valence-corrected chi connectivity index (χ3v) is 6.37. The van der Waals surface area contributed by atoms with Crippen LogP contribution in [-0.4, -0.2) is 15.0 Å². The molecular formula is C17H28N4.